The summed E-state index contributed by atoms with van der Waals surface area (Å²) in [7, 11) is 0. The van der Waals surface area contributed by atoms with Gasteiger partial charge in [-0.15, -0.1) is 56.4 Å². The predicted molar refractivity (Wildman–Crippen MR) is 236 cm³/mol. The van der Waals surface area contributed by atoms with Crippen LogP contribution >= 0.6 is 69.3 Å². The van der Waals surface area contributed by atoms with Gasteiger partial charge in [-0.05, 0) is 65.6 Å². The molecular formula is C44H34N2OS6. The minimum absolute atomic E-state index is 0.0827. The molecule has 1 N–H and O–H groups in total. The van der Waals surface area contributed by atoms with Gasteiger partial charge in [0.25, 0.3) is 0 Å². The number of hydrogen-bond acceptors (Lipinski definition) is 9. The predicted octanol–water partition coefficient (Wildman–Crippen LogP) is 13.6. The molecule has 0 fully saturated rings. The van der Waals surface area contributed by atoms with E-state index in [-0.39, 0.29) is 12.0 Å². The van der Waals surface area contributed by atoms with Crippen LogP contribution < -0.4 is 0 Å². The minimum atomic E-state index is -0.359. The molecule has 0 amide bonds. The molecule has 0 saturated carbocycles. The first kappa shape index (κ1) is 35.1. The van der Waals surface area contributed by atoms with Crippen molar-refractivity contribution in [3.05, 3.63) is 138 Å². The molecule has 3 aromatic heterocycles. The summed E-state index contributed by atoms with van der Waals surface area (Å²) in [5.74, 6) is 2.30. The maximum absolute atomic E-state index is 11.2. The average Bonchev–Trinajstić information content (AvgIpc) is 3.92. The van der Waals surface area contributed by atoms with E-state index < -0.39 is 0 Å². The Hall–Kier alpha value is -3.67. The lowest BCUT2D eigenvalue weighted by Gasteiger charge is -2.31. The van der Waals surface area contributed by atoms with Crippen LogP contribution in [0.15, 0.2) is 148 Å². The first-order chi connectivity index (χ1) is 26.1. The van der Waals surface area contributed by atoms with Crippen molar-refractivity contribution in [3.8, 4) is 22.3 Å². The van der Waals surface area contributed by atoms with Crippen LogP contribution in [0.3, 0.4) is 0 Å². The summed E-state index contributed by atoms with van der Waals surface area (Å²) in [5.41, 5.74) is 4.62. The van der Waals surface area contributed by atoms with E-state index in [9.17, 15) is 5.11 Å². The smallest absolute Gasteiger partial charge is 0.174 e. The second kappa shape index (κ2) is 15.2. The van der Waals surface area contributed by atoms with Gasteiger partial charge in [0.05, 0.1) is 6.61 Å². The molecule has 0 aliphatic carbocycles. The van der Waals surface area contributed by atoms with E-state index in [0.29, 0.717) is 0 Å². The number of benzene rings is 6. The van der Waals surface area contributed by atoms with Gasteiger partial charge in [0.15, 0.2) is 4.34 Å². The summed E-state index contributed by atoms with van der Waals surface area (Å²) in [4.78, 5) is 2.41. The van der Waals surface area contributed by atoms with Gasteiger partial charge in [-0.3, -0.25) is 0 Å². The maximum atomic E-state index is 11.2. The molecule has 53 heavy (non-hydrogen) atoms. The first-order valence-electron chi connectivity index (χ1n) is 17.4. The van der Waals surface area contributed by atoms with Gasteiger partial charge in [0.2, 0.25) is 0 Å². The van der Waals surface area contributed by atoms with Crippen molar-refractivity contribution in [1.82, 2.24) is 10.2 Å². The highest BCUT2D eigenvalue weighted by Crippen LogP contribution is 2.44. The fraction of sp³-hybridized carbons (Fsp3) is 0.136. The Labute approximate surface area is 333 Å². The zero-order valence-electron chi connectivity index (χ0n) is 28.8. The zero-order valence-corrected chi connectivity index (χ0v) is 33.7. The van der Waals surface area contributed by atoms with E-state index >= 15 is 0 Å². The highest BCUT2D eigenvalue weighted by Gasteiger charge is 2.31. The molecule has 0 aliphatic rings. The van der Waals surface area contributed by atoms with Crippen LogP contribution in [0.1, 0.15) is 5.01 Å². The quantitative estimate of drug-likeness (QED) is 0.124. The molecule has 3 nitrogen and oxygen atoms in total. The molecule has 0 aliphatic heterocycles. The molecule has 0 spiro atoms. The van der Waals surface area contributed by atoms with Crippen molar-refractivity contribution in [2.24, 2.45) is 5.41 Å². The molecule has 9 rings (SSSR count). The third-order valence-corrected chi connectivity index (χ3v) is 17.0. The number of rotatable bonds is 12. The molecule has 3 heterocycles. The third-order valence-electron chi connectivity index (χ3n) is 9.53. The number of aliphatic hydroxyl groups excluding tert-OH is 1. The fourth-order valence-electron chi connectivity index (χ4n) is 6.74. The largest absolute Gasteiger partial charge is 0.396 e. The SMILES string of the molecule is Cc1nnc(SCC(CO)(CSc2cccc(-c3cccc4c3sc3ccccc34)c2)CSc2cccc(-c3cccc4c3sc3ccccc34)c2)s1. The molecule has 9 heteroatoms. The van der Waals surface area contributed by atoms with Crippen molar-refractivity contribution in [1.29, 1.82) is 0 Å². The number of thiophene rings is 2. The second-order valence-electron chi connectivity index (χ2n) is 13.2. The lowest BCUT2D eigenvalue weighted by atomic mass is 9.97. The Morgan fingerprint density at radius 3 is 1.53 bits per heavy atom. The minimum Gasteiger partial charge on any atom is -0.396 e. The molecule has 0 bridgehead atoms. The topological polar surface area (TPSA) is 46.0 Å². The van der Waals surface area contributed by atoms with Gasteiger partial charge in [0, 0.05) is 72.8 Å². The summed E-state index contributed by atoms with van der Waals surface area (Å²) < 4.78 is 6.23. The Morgan fingerprint density at radius 2 is 1.02 bits per heavy atom. The highest BCUT2D eigenvalue weighted by atomic mass is 32.2. The molecule has 9 aromatic rings. The van der Waals surface area contributed by atoms with Crippen LogP contribution in [0, 0.1) is 12.3 Å². The zero-order chi connectivity index (χ0) is 35.8. The average molecular weight is 799 g/mol. The molecule has 262 valence electrons. The van der Waals surface area contributed by atoms with Gasteiger partial charge in [-0.25, -0.2) is 0 Å². The summed E-state index contributed by atoms with van der Waals surface area (Å²) >= 11 is 10.7. The normalized spacial score (nSPS) is 12.1. The van der Waals surface area contributed by atoms with Crippen LogP contribution in [0.4, 0.5) is 0 Å². The number of aliphatic hydroxyl groups is 1. The Balaban J connectivity index is 0.986. The number of nitrogens with zero attached hydrogens (tertiary/aromatic N) is 2. The van der Waals surface area contributed by atoms with Gasteiger partial charge in [-0.1, -0.05) is 120 Å². The monoisotopic (exact) mass is 798 g/mol. The van der Waals surface area contributed by atoms with Crippen LogP contribution in [0.25, 0.3) is 62.6 Å². The van der Waals surface area contributed by atoms with E-state index in [1.807, 2.05) is 53.1 Å². The number of aromatic nitrogens is 2. The molecule has 0 saturated heterocycles. The summed E-state index contributed by atoms with van der Waals surface area (Å²) in [6, 6.07) is 48.5. The highest BCUT2D eigenvalue weighted by molar-refractivity contribution is 8.02. The van der Waals surface area contributed by atoms with Crippen molar-refractivity contribution >= 4 is 110 Å². The van der Waals surface area contributed by atoms with Gasteiger partial charge < -0.3 is 5.11 Å². The third kappa shape index (κ3) is 7.16. The Kier molecular flexibility index (Phi) is 10.1. The Morgan fingerprint density at radius 1 is 0.528 bits per heavy atom. The number of thioether (sulfide) groups is 3. The molecular weight excluding hydrogens is 765 g/mol. The van der Waals surface area contributed by atoms with Crippen molar-refractivity contribution in [2.75, 3.05) is 23.9 Å². The van der Waals surface area contributed by atoms with E-state index in [4.69, 9.17) is 0 Å². The summed E-state index contributed by atoms with van der Waals surface area (Å²) in [6.45, 7) is 2.07. The molecule has 6 aromatic carbocycles. The van der Waals surface area contributed by atoms with E-state index in [1.54, 1.807) is 23.1 Å². The summed E-state index contributed by atoms with van der Waals surface area (Å²) in [6.07, 6.45) is 0. The van der Waals surface area contributed by atoms with E-state index in [0.717, 1.165) is 26.6 Å². The van der Waals surface area contributed by atoms with Crippen LogP contribution in [-0.2, 0) is 0 Å². The first-order valence-corrected chi connectivity index (χ1v) is 22.8. The van der Waals surface area contributed by atoms with Crippen LogP contribution in [-0.4, -0.2) is 39.2 Å². The van der Waals surface area contributed by atoms with Gasteiger partial charge in [0.1, 0.15) is 5.01 Å². The Bertz CT molecular complexity index is 2570. The maximum Gasteiger partial charge on any atom is 0.174 e. The standard InChI is InChI=1S/C44H34N2OS6/c1-28-45-46-43(51-28)50-27-44(24-47,25-48-31-12-6-10-29(22-31)33-16-8-18-37-35-14-2-4-20-39(35)52-41(33)37)26-49-32-13-7-11-30(23-32)34-17-9-19-38-36-15-3-5-21-40(36)53-42(34)38/h2-23,47H,24-27H2,1H3. The van der Waals surface area contributed by atoms with E-state index in [2.05, 4.69) is 144 Å². The van der Waals surface area contributed by atoms with Gasteiger partial charge >= 0.3 is 0 Å². The van der Waals surface area contributed by atoms with Gasteiger partial charge in [-0.2, -0.15) is 0 Å². The second-order valence-corrected chi connectivity index (χ2v) is 19.8. The molecule has 0 unspecified atom stereocenters. The van der Waals surface area contributed by atoms with Crippen molar-refractivity contribution in [3.63, 3.8) is 0 Å². The number of fused-ring (bicyclic) bond motifs is 6. The molecule has 0 radical (unpaired) electrons. The van der Waals surface area contributed by atoms with Crippen molar-refractivity contribution in [2.45, 2.75) is 21.1 Å². The number of aryl methyl sites for hydroxylation is 1. The molecule has 0 atom stereocenters. The number of hydrogen-bond donors (Lipinski definition) is 1. The lowest BCUT2D eigenvalue weighted by Crippen LogP contribution is -2.34. The lowest BCUT2D eigenvalue weighted by molar-refractivity contribution is 0.188. The van der Waals surface area contributed by atoms with Crippen LogP contribution in [0.2, 0.25) is 0 Å². The van der Waals surface area contributed by atoms with E-state index in [1.165, 1.54) is 72.4 Å². The summed E-state index contributed by atoms with van der Waals surface area (Å²) in [5, 5.41) is 26.1. The van der Waals surface area contributed by atoms with Crippen molar-refractivity contribution < 1.29 is 5.11 Å². The van der Waals surface area contributed by atoms with Crippen LogP contribution in [0.5, 0.6) is 0 Å². The fourth-order valence-corrected chi connectivity index (χ4v) is 13.9.